The molecular weight excluding hydrogens is 352 g/mol. The molecule has 0 fully saturated rings. The van der Waals surface area contributed by atoms with Gasteiger partial charge >= 0.3 is 5.97 Å². The Labute approximate surface area is 148 Å². The molecule has 0 bridgehead atoms. The van der Waals surface area contributed by atoms with Gasteiger partial charge in [-0.1, -0.05) is 35.9 Å². The van der Waals surface area contributed by atoms with Crippen molar-refractivity contribution in [1.82, 2.24) is 0 Å². The molecule has 7 heteroatoms. The molecule has 2 aromatic rings. The normalized spacial score (nSPS) is 12.0. The molecule has 2 rings (SSSR count). The van der Waals surface area contributed by atoms with Crippen LogP contribution in [-0.4, -0.2) is 18.0 Å². The first kappa shape index (κ1) is 18.6. The SMILES string of the molecule is CC(OC(=O)/C=C/c1ccccc1Cl)C(=O)Nc1c(F)cccc1F. The second-order valence-corrected chi connectivity index (χ2v) is 5.43. The third-order valence-electron chi connectivity index (χ3n) is 3.18. The molecule has 4 nitrogen and oxygen atoms in total. The number of esters is 1. The number of amides is 1. The van der Waals surface area contributed by atoms with Crippen molar-refractivity contribution in [3.8, 4) is 0 Å². The summed E-state index contributed by atoms with van der Waals surface area (Å²) in [5.74, 6) is -3.50. The lowest BCUT2D eigenvalue weighted by atomic mass is 10.2. The number of hydrogen-bond acceptors (Lipinski definition) is 3. The number of hydrogen-bond donors (Lipinski definition) is 1. The van der Waals surface area contributed by atoms with Crippen molar-refractivity contribution in [3.05, 3.63) is 70.8 Å². The molecule has 130 valence electrons. The van der Waals surface area contributed by atoms with Crippen LogP contribution in [0.5, 0.6) is 0 Å². The third-order valence-corrected chi connectivity index (χ3v) is 3.52. The van der Waals surface area contributed by atoms with Crippen molar-refractivity contribution < 1.29 is 23.1 Å². The highest BCUT2D eigenvalue weighted by Gasteiger charge is 2.19. The van der Waals surface area contributed by atoms with Crippen LogP contribution >= 0.6 is 11.6 Å². The van der Waals surface area contributed by atoms with E-state index in [0.29, 0.717) is 10.6 Å². The second-order valence-electron chi connectivity index (χ2n) is 5.02. The summed E-state index contributed by atoms with van der Waals surface area (Å²) in [6, 6.07) is 10.0. The van der Waals surface area contributed by atoms with Crippen molar-refractivity contribution in [1.29, 1.82) is 0 Å². The molecule has 1 amide bonds. The van der Waals surface area contributed by atoms with Gasteiger partial charge in [-0.2, -0.15) is 0 Å². The summed E-state index contributed by atoms with van der Waals surface area (Å²) in [5.41, 5.74) is 0.00802. The highest BCUT2D eigenvalue weighted by atomic mass is 35.5. The number of rotatable bonds is 5. The number of ether oxygens (including phenoxy) is 1. The van der Waals surface area contributed by atoms with Crippen LogP contribution in [0.2, 0.25) is 5.02 Å². The van der Waals surface area contributed by atoms with E-state index in [-0.39, 0.29) is 0 Å². The molecule has 2 aromatic carbocycles. The minimum Gasteiger partial charge on any atom is -0.449 e. The Morgan fingerprint density at radius 3 is 2.40 bits per heavy atom. The lowest BCUT2D eigenvalue weighted by Crippen LogP contribution is -2.30. The van der Waals surface area contributed by atoms with E-state index in [1.807, 2.05) is 0 Å². The van der Waals surface area contributed by atoms with Crippen LogP contribution in [0.4, 0.5) is 14.5 Å². The van der Waals surface area contributed by atoms with Crippen molar-refractivity contribution in [3.63, 3.8) is 0 Å². The zero-order valence-corrected chi connectivity index (χ0v) is 13.9. The molecule has 0 heterocycles. The monoisotopic (exact) mass is 365 g/mol. The van der Waals surface area contributed by atoms with Crippen LogP contribution < -0.4 is 5.32 Å². The fraction of sp³-hybridized carbons (Fsp3) is 0.111. The first-order valence-electron chi connectivity index (χ1n) is 7.26. The molecule has 0 spiro atoms. The first-order chi connectivity index (χ1) is 11.9. The molecule has 1 atom stereocenters. The molecule has 0 saturated heterocycles. The van der Waals surface area contributed by atoms with Crippen LogP contribution in [0.1, 0.15) is 12.5 Å². The smallest absolute Gasteiger partial charge is 0.331 e. The Kier molecular flexibility index (Phi) is 6.25. The Balaban J connectivity index is 1.97. The topological polar surface area (TPSA) is 55.4 Å². The van der Waals surface area contributed by atoms with Crippen molar-refractivity contribution in [2.75, 3.05) is 5.32 Å². The van der Waals surface area contributed by atoms with E-state index in [2.05, 4.69) is 5.32 Å². The molecule has 0 saturated carbocycles. The summed E-state index contributed by atoms with van der Waals surface area (Å²) in [6.45, 7) is 1.29. The van der Waals surface area contributed by atoms with Gasteiger partial charge in [0.2, 0.25) is 0 Å². The average molecular weight is 366 g/mol. The van der Waals surface area contributed by atoms with Gasteiger partial charge < -0.3 is 10.1 Å². The van der Waals surface area contributed by atoms with E-state index in [9.17, 15) is 18.4 Å². The summed E-state index contributed by atoms with van der Waals surface area (Å²) in [6.07, 6.45) is 1.29. The number of benzene rings is 2. The minimum atomic E-state index is -1.25. The molecule has 0 aliphatic carbocycles. The predicted molar refractivity (Wildman–Crippen MR) is 91.0 cm³/mol. The third kappa shape index (κ3) is 5.12. The molecular formula is C18H14ClF2NO3. The van der Waals surface area contributed by atoms with Gasteiger partial charge in [-0.15, -0.1) is 0 Å². The van der Waals surface area contributed by atoms with Crippen molar-refractivity contribution >= 4 is 35.2 Å². The number of anilines is 1. The summed E-state index contributed by atoms with van der Waals surface area (Å²) in [5, 5.41) is 2.51. The van der Waals surface area contributed by atoms with E-state index >= 15 is 0 Å². The van der Waals surface area contributed by atoms with Crippen LogP contribution in [0.15, 0.2) is 48.5 Å². The molecule has 0 aliphatic rings. The Morgan fingerprint density at radius 1 is 1.12 bits per heavy atom. The first-order valence-corrected chi connectivity index (χ1v) is 7.64. The van der Waals surface area contributed by atoms with Crippen LogP contribution in [0, 0.1) is 11.6 Å². The summed E-state index contributed by atoms with van der Waals surface area (Å²) in [4.78, 5) is 23.7. The Bertz CT molecular complexity index is 803. The van der Waals surface area contributed by atoms with Gasteiger partial charge in [-0.3, -0.25) is 4.79 Å². The molecule has 0 aromatic heterocycles. The minimum absolute atomic E-state index is 0.451. The Hall–Kier alpha value is -2.73. The van der Waals surface area contributed by atoms with Gasteiger partial charge in [-0.25, -0.2) is 13.6 Å². The summed E-state index contributed by atoms with van der Waals surface area (Å²) < 4.78 is 31.9. The number of nitrogens with one attached hydrogen (secondary N) is 1. The molecule has 25 heavy (non-hydrogen) atoms. The molecule has 0 aliphatic heterocycles. The maximum Gasteiger partial charge on any atom is 0.331 e. The molecule has 1 N–H and O–H groups in total. The second kappa shape index (κ2) is 8.39. The lowest BCUT2D eigenvalue weighted by Gasteiger charge is -2.13. The highest BCUT2D eigenvalue weighted by Crippen LogP contribution is 2.19. The van der Waals surface area contributed by atoms with Gasteiger partial charge in [-0.05, 0) is 36.8 Å². The van der Waals surface area contributed by atoms with Gasteiger partial charge in [0.1, 0.15) is 17.3 Å². The fourth-order valence-corrected chi connectivity index (χ4v) is 2.08. The largest absolute Gasteiger partial charge is 0.449 e. The Morgan fingerprint density at radius 2 is 1.76 bits per heavy atom. The van der Waals surface area contributed by atoms with Crippen molar-refractivity contribution in [2.45, 2.75) is 13.0 Å². The number of para-hydroxylation sites is 1. The lowest BCUT2D eigenvalue weighted by molar-refractivity contribution is -0.148. The fourth-order valence-electron chi connectivity index (χ4n) is 1.88. The van der Waals surface area contributed by atoms with Gasteiger partial charge in [0.25, 0.3) is 5.91 Å². The van der Waals surface area contributed by atoms with E-state index < -0.39 is 35.3 Å². The van der Waals surface area contributed by atoms with Crippen molar-refractivity contribution in [2.24, 2.45) is 0 Å². The van der Waals surface area contributed by atoms with E-state index in [0.717, 1.165) is 18.2 Å². The number of carbonyl (C=O) groups excluding carboxylic acids is 2. The quantitative estimate of drug-likeness (QED) is 0.638. The van der Waals surface area contributed by atoms with Crippen LogP contribution in [0.3, 0.4) is 0 Å². The summed E-state index contributed by atoms with van der Waals surface area (Å²) in [7, 11) is 0. The van der Waals surface area contributed by atoms with Gasteiger partial charge in [0, 0.05) is 11.1 Å². The summed E-state index contributed by atoms with van der Waals surface area (Å²) >= 11 is 5.95. The molecule has 1 unspecified atom stereocenters. The van der Waals surface area contributed by atoms with E-state index in [4.69, 9.17) is 16.3 Å². The average Bonchev–Trinajstić information content (AvgIpc) is 2.57. The van der Waals surface area contributed by atoms with E-state index in [1.54, 1.807) is 24.3 Å². The number of halogens is 3. The maximum absolute atomic E-state index is 13.5. The van der Waals surface area contributed by atoms with Crippen LogP contribution in [0.25, 0.3) is 6.08 Å². The van der Waals surface area contributed by atoms with E-state index in [1.165, 1.54) is 19.1 Å². The zero-order chi connectivity index (χ0) is 18.4. The highest BCUT2D eigenvalue weighted by molar-refractivity contribution is 6.32. The van der Waals surface area contributed by atoms with Gasteiger partial charge in [0.05, 0.1) is 0 Å². The number of carbonyl (C=O) groups is 2. The standard InChI is InChI=1S/C18H14ClF2NO3/c1-11(18(24)22-17-14(20)7-4-8-15(17)21)25-16(23)10-9-12-5-2-3-6-13(12)19/h2-11H,1H3,(H,22,24)/b10-9+. The maximum atomic E-state index is 13.5. The predicted octanol–water partition coefficient (Wildman–Crippen LogP) is 4.20. The van der Waals surface area contributed by atoms with Gasteiger partial charge in [0.15, 0.2) is 6.10 Å². The van der Waals surface area contributed by atoms with Crippen LogP contribution in [-0.2, 0) is 14.3 Å². The molecule has 0 radical (unpaired) electrons. The zero-order valence-electron chi connectivity index (χ0n) is 13.1.